The first-order valence-corrected chi connectivity index (χ1v) is 12.5. The second-order valence-electron chi connectivity index (χ2n) is 8.85. The lowest BCUT2D eigenvalue weighted by Gasteiger charge is -2.39. The third kappa shape index (κ3) is 5.08. The zero-order chi connectivity index (χ0) is 26.0. The third-order valence-corrected chi connectivity index (χ3v) is 6.88. The van der Waals surface area contributed by atoms with Gasteiger partial charge in [0.15, 0.2) is 0 Å². The van der Waals surface area contributed by atoms with E-state index in [0.717, 1.165) is 22.4 Å². The Morgan fingerprint density at radius 1 is 1.08 bits per heavy atom. The summed E-state index contributed by atoms with van der Waals surface area (Å²) in [6, 6.07) is 7.51. The summed E-state index contributed by atoms with van der Waals surface area (Å²) in [7, 11) is 3.17. The quantitative estimate of drug-likeness (QED) is 0.334. The molecule has 4 rings (SSSR count). The van der Waals surface area contributed by atoms with Gasteiger partial charge < -0.3 is 39.4 Å². The summed E-state index contributed by atoms with van der Waals surface area (Å²) in [6.07, 6.45) is -6.68. The predicted molar refractivity (Wildman–Crippen MR) is 133 cm³/mol. The summed E-state index contributed by atoms with van der Waals surface area (Å²) in [5.41, 5.74) is 3.37. The number of thiophene rings is 1. The molecule has 10 nitrogen and oxygen atoms in total. The molecule has 0 radical (unpaired) electrons. The highest BCUT2D eigenvalue weighted by molar-refractivity contribution is 7.08. The number of rotatable bonds is 9. The lowest BCUT2D eigenvalue weighted by Crippen LogP contribution is -2.60. The maximum Gasteiger partial charge on any atom is 0.239 e. The first kappa shape index (κ1) is 26.4. The fourth-order valence-electron chi connectivity index (χ4n) is 4.24. The van der Waals surface area contributed by atoms with Gasteiger partial charge in [0.05, 0.1) is 26.5 Å². The zero-order valence-corrected chi connectivity index (χ0v) is 21.4. The first-order valence-electron chi connectivity index (χ1n) is 11.6. The molecule has 5 atom stereocenters. The van der Waals surface area contributed by atoms with E-state index in [4.69, 9.17) is 24.0 Å². The largest absolute Gasteiger partial charge is 0.497 e. The molecule has 0 amide bonds. The van der Waals surface area contributed by atoms with Gasteiger partial charge in [-0.3, -0.25) is 4.68 Å². The number of aliphatic hydroxyl groups is 4. The first-order chi connectivity index (χ1) is 17.3. The molecular weight excluding hydrogens is 488 g/mol. The van der Waals surface area contributed by atoms with Crippen molar-refractivity contribution in [3.05, 3.63) is 46.2 Å². The van der Waals surface area contributed by atoms with Gasteiger partial charge in [0.1, 0.15) is 35.9 Å². The van der Waals surface area contributed by atoms with Gasteiger partial charge in [0.25, 0.3) is 0 Å². The highest BCUT2D eigenvalue weighted by atomic mass is 32.1. The minimum Gasteiger partial charge on any atom is -0.497 e. The molecule has 1 aromatic carbocycles. The number of ether oxygens (including phenoxy) is 4. The van der Waals surface area contributed by atoms with Crippen molar-refractivity contribution in [2.45, 2.75) is 57.0 Å². The maximum absolute atomic E-state index is 10.6. The molecule has 1 saturated heterocycles. The Kier molecular flexibility index (Phi) is 8.18. The van der Waals surface area contributed by atoms with Gasteiger partial charge in [-0.05, 0) is 36.9 Å². The molecule has 1 aliphatic rings. The van der Waals surface area contributed by atoms with Crippen molar-refractivity contribution in [2.75, 3.05) is 20.8 Å². The standard InChI is InChI=1S/C25H32N2O8S/c1-13(2)27-20(15-7-8-36-12-15)17(9-14-5-6-16(32-3)10-18(14)33-4)24(26-27)35-25-23(31)22(30)21(29)19(11-28)34-25/h5-8,10,12-13,19,21-23,25,28-31H,9,11H2,1-4H3/t19-,21-,22+,23-,25+/m1/s1. The van der Waals surface area contributed by atoms with Crippen LogP contribution in [0.2, 0.25) is 0 Å². The van der Waals surface area contributed by atoms with Crippen LogP contribution in [0.25, 0.3) is 11.3 Å². The molecule has 1 aliphatic heterocycles. The molecule has 4 N–H and O–H groups in total. The van der Waals surface area contributed by atoms with Crippen LogP contribution in [0.4, 0.5) is 0 Å². The van der Waals surface area contributed by atoms with Crippen molar-refractivity contribution in [3.8, 4) is 28.6 Å². The summed E-state index contributed by atoms with van der Waals surface area (Å²) >= 11 is 1.56. The molecule has 0 unspecified atom stereocenters. The molecule has 36 heavy (non-hydrogen) atoms. The Balaban J connectivity index is 1.80. The van der Waals surface area contributed by atoms with Gasteiger partial charge in [-0.2, -0.15) is 11.3 Å². The van der Waals surface area contributed by atoms with Crippen LogP contribution in [-0.2, 0) is 11.2 Å². The topological polar surface area (TPSA) is 136 Å². The molecule has 0 saturated carbocycles. The van der Waals surface area contributed by atoms with Crippen LogP contribution in [0, 0.1) is 0 Å². The smallest absolute Gasteiger partial charge is 0.239 e. The van der Waals surface area contributed by atoms with E-state index < -0.39 is 37.3 Å². The number of nitrogens with zero attached hydrogens (tertiary/aromatic N) is 2. The predicted octanol–water partition coefficient (Wildman–Crippen LogP) is 1.98. The van der Waals surface area contributed by atoms with Gasteiger partial charge in [-0.15, -0.1) is 5.10 Å². The van der Waals surface area contributed by atoms with E-state index in [1.807, 2.05) is 47.5 Å². The molecular formula is C25H32N2O8S. The van der Waals surface area contributed by atoms with Crippen molar-refractivity contribution in [3.63, 3.8) is 0 Å². The highest BCUT2D eigenvalue weighted by Gasteiger charge is 2.45. The Morgan fingerprint density at radius 3 is 2.47 bits per heavy atom. The van der Waals surface area contributed by atoms with Crippen LogP contribution in [0.3, 0.4) is 0 Å². The van der Waals surface area contributed by atoms with Crippen molar-refractivity contribution in [2.24, 2.45) is 0 Å². The molecule has 0 spiro atoms. The van der Waals surface area contributed by atoms with Crippen molar-refractivity contribution in [1.29, 1.82) is 0 Å². The fourth-order valence-corrected chi connectivity index (χ4v) is 4.88. The van der Waals surface area contributed by atoms with Crippen LogP contribution in [0.1, 0.15) is 31.0 Å². The number of hydrogen-bond acceptors (Lipinski definition) is 10. The van der Waals surface area contributed by atoms with Crippen molar-refractivity contribution >= 4 is 11.3 Å². The van der Waals surface area contributed by atoms with E-state index in [1.165, 1.54) is 0 Å². The summed E-state index contributed by atoms with van der Waals surface area (Å²) in [4.78, 5) is 0. The molecule has 3 heterocycles. The maximum atomic E-state index is 10.6. The van der Waals surface area contributed by atoms with E-state index in [1.54, 1.807) is 31.6 Å². The number of benzene rings is 1. The molecule has 2 aromatic heterocycles. The third-order valence-electron chi connectivity index (χ3n) is 6.19. The number of methoxy groups -OCH3 is 2. The monoisotopic (exact) mass is 520 g/mol. The Bertz CT molecular complexity index is 1150. The molecule has 0 bridgehead atoms. The molecule has 196 valence electrons. The van der Waals surface area contributed by atoms with Crippen LogP contribution in [0.15, 0.2) is 35.0 Å². The number of aliphatic hydroxyl groups excluding tert-OH is 4. The van der Waals surface area contributed by atoms with Crippen LogP contribution in [0.5, 0.6) is 17.4 Å². The van der Waals surface area contributed by atoms with E-state index in [9.17, 15) is 20.4 Å². The van der Waals surface area contributed by atoms with Gasteiger partial charge >= 0.3 is 0 Å². The van der Waals surface area contributed by atoms with Crippen LogP contribution >= 0.6 is 11.3 Å². The molecule has 3 aromatic rings. The van der Waals surface area contributed by atoms with E-state index >= 15 is 0 Å². The Hall–Kier alpha value is -2.67. The van der Waals surface area contributed by atoms with Crippen LogP contribution in [-0.4, -0.2) is 81.7 Å². The molecule has 11 heteroatoms. The van der Waals surface area contributed by atoms with Gasteiger partial charge in [-0.25, -0.2) is 0 Å². The van der Waals surface area contributed by atoms with Gasteiger partial charge in [-0.1, -0.05) is 6.07 Å². The Morgan fingerprint density at radius 2 is 1.86 bits per heavy atom. The van der Waals surface area contributed by atoms with Gasteiger partial charge in [0, 0.05) is 35.0 Å². The van der Waals surface area contributed by atoms with Crippen molar-refractivity contribution < 1.29 is 39.4 Å². The molecule has 1 fully saturated rings. The second-order valence-corrected chi connectivity index (χ2v) is 9.63. The van der Waals surface area contributed by atoms with E-state index in [2.05, 4.69) is 0 Å². The number of hydrogen-bond donors (Lipinski definition) is 4. The zero-order valence-electron chi connectivity index (χ0n) is 20.6. The minimum absolute atomic E-state index is 0.0245. The highest BCUT2D eigenvalue weighted by Crippen LogP contribution is 2.39. The summed E-state index contributed by atoms with van der Waals surface area (Å²) in [6.45, 7) is 3.44. The lowest BCUT2D eigenvalue weighted by molar-refractivity contribution is -0.278. The lowest BCUT2D eigenvalue weighted by atomic mass is 9.99. The average molecular weight is 521 g/mol. The molecule has 0 aliphatic carbocycles. The van der Waals surface area contributed by atoms with Crippen LogP contribution < -0.4 is 14.2 Å². The van der Waals surface area contributed by atoms with Crippen molar-refractivity contribution in [1.82, 2.24) is 9.78 Å². The normalized spacial score (nSPS) is 24.2. The minimum atomic E-state index is -1.56. The van der Waals surface area contributed by atoms with E-state index in [0.29, 0.717) is 17.9 Å². The fraction of sp³-hybridized carbons (Fsp3) is 0.480. The summed E-state index contributed by atoms with van der Waals surface area (Å²) in [5.74, 6) is 1.48. The summed E-state index contributed by atoms with van der Waals surface area (Å²) < 4.78 is 24.4. The SMILES string of the molecule is COc1ccc(Cc2c(O[C@@H]3O[C@H](CO)[C@@H](O)[C@H](O)[C@H]3O)nn(C(C)C)c2-c2ccsc2)c(OC)c1. The number of aromatic nitrogens is 2. The van der Waals surface area contributed by atoms with E-state index in [-0.39, 0.29) is 11.9 Å². The summed E-state index contributed by atoms with van der Waals surface area (Å²) in [5, 5.41) is 49.2. The van der Waals surface area contributed by atoms with Gasteiger partial charge in [0.2, 0.25) is 12.2 Å². The average Bonchev–Trinajstić information content (AvgIpc) is 3.53. The Labute approximate surface area is 213 Å². The second kappa shape index (κ2) is 11.2.